The van der Waals surface area contributed by atoms with Crippen molar-refractivity contribution in [2.75, 3.05) is 5.73 Å². The Morgan fingerprint density at radius 2 is 2.25 bits per heavy atom. The maximum absolute atomic E-state index is 5.91. The molecule has 16 heavy (non-hydrogen) atoms. The van der Waals surface area contributed by atoms with E-state index < -0.39 is 0 Å². The van der Waals surface area contributed by atoms with Crippen molar-refractivity contribution in [3.05, 3.63) is 33.2 Å². The second kappa shape index (κ2) is 5.03. The topological polar surface area (TPSA) is 51.8 Å². The molecule has 0 saturated heterocycles. The molecule has 0 radical (unpaired) electrons. The fourth-order valence-electron chi connectivity index (χ4n) is 1.23. The molecule has 3 nitrogen and oxygen atoms in total. The van der Waals surface area contributed by atoms with Crippen molar-refractivity contribution in [1.82, 2.24) is 10.2 Å². The van der Waals surface area contributed by atoms with Gasteiger partial charge in [-0.15, -0.1) is 22.0 Å². The smallest absolute Gasteiger partial charge is 0.207 e. The minimum Gasteiger partial charge on any atom is -0.398 e. The van der Waals surface area contributed by atoms with Crippen LogP contribution in [0.3, 0.4) is 0 Å². The summed E-state index contributed by atoms with van der Waals surface area (Å²) in [5.74, 6) is 0.748. The quantitative estimate of drug-likeness (QED) is 0.687. The molecule has 2 N–H and O–H groups in total. The molecule has 0 aliphatic carbocycles. The van der Waals surface area contributed by atoms with E-state index in [2.05, 4.69) is 10.2 Å². The Balaban J connectivity index is 2.04. The fraction of sp³-hybridized carbons (Fsp3) is 0.200. The number of benzene rings is 1. The lowest BCUT2D eigenvalue weighted by Gasteiger charge is -2.04. The third-order valence-corrected chi connectivity index (χ3v) is 4.26. The highest BCUT2D eigenvalue weighted by atomic mass is 35.5. The Labute approximate surface area is 107 Å². The van der Waals surface area contributed by atoms with Crippen molar-refractivity contribution in [3.63, 3.8) is 0 Å². The van der Waals surface area contributed by atoms with E-state index in [9.17, 15) is 0 Å². The monoisotopic (exact) mass is 271 g/mol. The highest BCUT2D eigenvalue weighted by Gasteiger charge is 2.05. The molecule has 1 aromatic carbocycles. The van der Waals surface area contributed by atoms with E-state index in [-0.39, 0.29) is 0 Å². The van der Waals surface area contributed by atoms with E-state index in [1.807, 2.05) is 25.1 Å². The van der Waals surface area contributed by atoms with Crippen molar-refractivity contribution in [2.45, 2.75) is 17.6 Å². The summed E-state index contributed by atoms with van der Waals surface area (Å²) >= 11 is 8.75. The van der Waals surface area contributed by atoms with Gasteiger partial charge in [-0.1, -0.05) is 17.4 Å². The number of nitrogens with two attached hydrogens (primary N) is 1. The van der Waals surface area contributed by atoms with Crippen molar-refractivity contribution < 1.29 is 0 Å². The molecule has 0 unspecified atom stereocenters. The number of aryl methyl sites for hydroxylation is 1. The number of halogens is 1. The highest BCUT2D eigenvalue weighted by molar-refractivity contribution is 7.98. The molecular formula is C10H10ClN3S2. The molecular weight excluding hydrogens is 262 g/mol. The number of rotatable bonds is 3. The number of hydrogen-bond donors (Lipinski definition) is 1. The van der Waals surface area contributed by atoms with Gasteiger partial charge in [-0.05, 0) is 36.2 Å². The van der Waals surface area contributed by atoms with Gasteiger partial charge in [0.15, 0.2) is 0 Å². The van der Waals surface area contributed by atoms with E-state index in [0.717, 1.165) is 21.3 Å². The summed E-state index contributed by atoms with van der Waals surface area (Å²) in [4.78, 5) is 1.07. The molecule has 0 atom stereocenters. The Morgan fingerprint density at radius 3 is 2.88 bits per heavy atom. The average molecular weight is 272 g/mol. The first kappa shape index (κ1) is 11.7. The number of aromatic nitrogens is 2. The number of nitrogens with zero attached hydrogens (tertiary/aromatic N) is 2. The summed E-state index contributed by atoms with van der Waals surface area (Å²) in [6.45, 7) is 2.02. The Bertz CT molecular complexity index is 499. The minimum atomic E-state index is 0.479. The number of anilines is 1. The molecule has 0 aliphatic heterocycles. The predicted molar refractivity (Wildman–Crippen MR) is 70.1 cm³/mol. The molecule has 2 rings (SSSR count). The number of thioether (sulfide) groups is 1. The van der Waals surface area contributed by atoms with Crippen LogP contribution >= 0.6 is 34.7 Å². The Kier molecular flexibility index (Phi) is 3.68. The van der Waals surface area contributed by atoms with E-state index in [4.69, 9.17) is 17.3 Å². The third-order valence-electron chi connectivity index (χ3n) is 1.96. The first-order valence-corrected chi connectivity index (χ1v) is 6.80. The standard InChI is InChI=1S/C10H10ClN3S2/c1-6-2-3-8(7(12)4-6)15-5-9-13-14-10(11)16-9/h2-4H,5,12H2,1H3. The molecule has 0 saturated carbocycles. The van der Waals surface area contributed by atoms with E-state index in [0.29, 0.717) is 4.47 Å². The highest BCUT2D eigenvalue weighted by Crippen LogP contribution is 2.30. The minimum absolute atomic E-state index is 0.479. The first-order chi connectivity index (χ1) is 7.65. The largest absolute Gasteiger partial charge is 0.398 e. The van der Waals surface area contributed by atoms with Gasteiger partial charge in [0.05, 0.1) is 5.75 Å². The second-order valence-corrected chi connectivity index (χ2v) is 5.94. The van der Waals surface area contributed by atoms with Crippen molar-refractivity contribution in [3.8, 4) is 0 Å². The number of nitrogen functional groups attached to an aromatic ring is 1. The van der Waals surface area contributed by atoms with Crippen LogP contribution in [0.4, 0.5) is 5.69 Å². The molecule has 0 fully saturated rings. The SMILES string of the molecule is Cc1ccc(SCc2nnc(Cl)s2)c(N)c1. The molecule has 0 amide bonds. The zero-order valence-corrected chi connectivity index (χ0v) is 11.0. The first-order valence-electron chi connectivity index (χ1n) is 4.62. The molecule has 2 aromatic rings. The van der Waals surface area contributed by atoms with Crippen LogP contribution in [0.25, 0.3) is 0 Å². The predicted octanol–water partition coefficient (Wildman–Crippen LogP) is 3.37. The van der Waals surface area contributed by atoms with Crippen molar-refractivity contribution in [1.29, 1.82) is 0 Å². The van der Waals surface area contributed by atoms with E-state index in [1.54, 1.807) is 11.8 Å². The normalized spacial score (nSPS) is 10.6. The maximum Gasteiger partial charge on any atom is 0.207 e. The zero-order valence-electron chi connectivity index (χ0n) is 8.61. The summed E-state index contributed by atoms with van der Waals surface area (Å²) in [6, 6.07) is 6.04. The van der Waals surface area contributed by atoms with Crippen LogP contribution in [-0.4, -0.2) is 10.2 Å². The summed E-state index contributed by atoms with van der Waals surface area (Å²) in [7, 11) is 0. The molecule has 0 spiro atoms. The fourth-order valence-corrected chi connectivity index (χ4v) is 3.03. The Hall–Kier alpha value is -0.780. The van der Waals surface area contributed by atoms with Crippen molar-refractivity contribution >= 4 is 40.4 Å². The van der Waals surface area contributed by atoms with Gasteiger partial charge in [-0.3, -0.25) is 0 Å². The maximum atomic E-state index is 5.91. The van der Waals surface area contributed by atoms with Gasteiger partial charge in [-0.25, -0.2) is 0 Å². The van der Waals surface area contributed by atoms with Gasteiger partial charge in [-0.2, -0.15) is 0 Å². The third kappa shape index (κ3) is 2.87. The summed E-state index contributed by atoms with van der Waals surface area (Å²) < 4.78 is 0.479. The van der Waals surface area contributed by atoms with Crippen LogP contribution in [0.1, 0.15) is 10.6 Å². The van der Waals surface area contributed by atoms with Gasteiger partial charge in [0.2, 0.25) is 4.47 Å². The van der Waals surface area contributed by atoms with Gasteiger partial charge in [0.25, 0.3) is 0 Å². The summed E-state index contributed by atoms with van der Waals surface area (Å²) in [5.41, 5.74) is 7.88. The molecule has 84 valence electrons. The van der Waals surface area contributed by atoms with E-state index in [1.165, 1.54) is 16.9 Å². The summed E-state index contributed by atoms with van der Waals surface area (Å²) in [5, 5.41) is 8.62. The zero-order chi connectivity index (χ0) is 11.5. The molecule has 0 aliphatic rings. The molecule has 0 bridgehead atoms. The lowest BCUT2D eigenvalue weighted by atomic mass is 10.2. The second-order valence-electron chi connectivity index (χ2n) is 3.28. The molecule has 1 heterocycles. The van der Waals surface area contributed by atoms with Crippen LogP contribution in [0, 0.1) is 6.92 Å². The van der Waals surface area contributed by atoms with Crippen LogP contribution in [-0.2, 0) is 5.75 Å². The lowest BCUT2D eigenvalue weighted by Crippen LogP contribution is -1.89. The van der Waals surface area contributed by atoms with Crippen molar-refractivity contribution in [2.24, 2.45) is 0 Å². The van der Waals surface area contributed by atoms with Gasteiger partial charge >= 0.3 is 0 Å². The van der Waals surface area contributed by atoms with Crippen LogP contribution in [0.2, 0.25) is 4.47 Å². The van der Waals surface area contributed by atoms with Crippen LogP contribution in [0.15, 0.2) is 23.1 Å². The van der Waals surface area contributed by atoms with E-state index >= 15 is 0 Å². The van der Waals surface area contributed by atoms with Crippen LogP contribution < -0.4 is 5.73 Å². The lowest BCUT2D eigenvalue weighted by molar-refractivity contribution is 1.04. The van der Waals surface area contributed by atoms with Gasteiger partial charge in [0, 0.05) is 10.6 Å². The van der Waals surface area contributed by atoms with Gasteiger partial charge < -0.3 is 5.73 Å². The van der Waals surface area contributed by atoms with Gasteiger partial charge in [0.1, 0.15) is 5.01 Å². The average Bonchev–Trinajstić information content (AvgIpc) is 2.63. The summed E-state index contributed by atoms with van der Waals surface area (Å²) in [6.07, 6.45) is 0. The Morgan fingerprint density at radius 1 is 1.44 bits per heavy atom. The van der Waals surface area contributed by atoms with Crippen LogP contribution in [0.5, 0.6) is 0 Å². The number of hydrogen-bond acceptors (Lipinski definition) is 5. The molecule has 1 aromatic heterocycles. The molecule has 6 heteroatoms.